The fourth-order valence-electron chi connectivity index (χ4n) is 1.36. The van der Waals surface area contributed by atoms with Gasteiger partial charge in [-0.15, -0.1) is 0 Å². The van der Waals surface area contributed by atoms with Gasteiger partial charge >= 0.3 is 0 Å². The highest BCUT2D eigenvalue weighted by Gasteiger charge is 2.05. The van der Waals surface area contributed by atoms with E-state index in [0.717, 1.165) is 5.69 Å². The van der Waals surface area contributed by atoms with Crippen molar-refractivity contribution < 1.29 is 0 Å². The second-order valence-electron chi connectivity index (χ2n) is 3.01. The molecule has 68 valence electrons. The van der Waals surface area contributed by atoms with Gasteiger partial charge in [-0.3, -0.25) is 14.6 Å². The van der Waals surface area contributed by atoms with E-state index in [0.29, 0.717) is 17.6 Å². The summed E-state index contributed by atoms with van der Waals surface area (Å²) in [5.74, 6) is 0. The summed E-state index contributed by atoms with van der Waals surface area (Å²) in [6.45, 7) is 4.47. The van der Waals surface area contributed by atoms with Crippen molar-refractivity contribution >= 4 is 11.0 Å². The molecule has 4 heteroatoms. The average Bonchev–Trinajstić information content (AvgIpc) is 2.42. The lowest BCUT2D eigenvalue weighted by atomic mass is 10.3. The lowest BCUT2D eigenvalue weighted by molar-refractivity contribution is 0.644. The molecule has 2 heterocycles. The summed E-state index contributed by atoms with van der Waals surface area (Å²) in [5, 5.41) is 3.61. The van der Waals surface area contributed by atoms with Crippen LogP contribution >= 0.6 is 0 Å². The van der Waals surface area contributed by atoms with Gasteiger partial charge in [0.1, 0.15) is 0 Å². The number of nitrogens with zero attached hydrogens (tertiary/aromatic N) is 2. The number of aromatic nitrogens is 3. The largest absolute Gasteiger partial charge is 0.278 e. The summed E-state index contributed by atoms with van der Waals surface area (Å²) in [7, 11) is 0. The Balaban J connectivity index is 2.84. The molecule has 4 nitrogen and oxygen atoms in total. The first kappa shape index (κ1) is 8.04. The van der Waals surface area contributed by atoms with E-state index in [1.165, 1.54) is 0 Å². The topological polar surface area (TPSA) is 50.7 Å². The van der Waals surface area contributed by atoms with Gasteiger partial charge in [-0.2, -0.15) is 0 Å². The Bertz CT molecular complexity index is 495. The van der Waals surface area contributed by atoms with Gasteiger partial charge in [-0.05, 0) is 26.0 Å². The molecule has 0 atom stereocenters. The van der Waals surface area contributed by atoms with E-state index < -0.39 is 0 Å². The number of pyridine rings is 1. The molecule has 1 N–H and O–H groups in total. The van der Waals surface area contributed by atoms with Crippen molar-refractivity contribution in [2.75, 3.05) is 0 Å². The Morgan fingerprint density at radius 2 is 2.31 bits per heavy atom. The van der Waals surface area contributed by atoms with Crippen molar-refractivity contribution in [1.29, 1.82) is 0 Å². The zero-order chi connectivity index (χ0) is 9.42. The maximum atomic E-state index is 11.6. The van der Waals surface area contributed by atoms with Gasteiger partial charge in [0.2, 0.25) is 0 Å². The van der Waals surface area contributed by atoms with Crippen LogP contribution in [0.1, 0.15) is 12.6 Å². The van der Waals surface area contributed by atoms with E-state index in [1.54, 1.807) is 4.68 Å². The third-order valence-corrected chi connectivity index (χ3v) is 2.07. The molecule has 0 aromatic carbocycles. The van der Waals surface area contributed by atoms with E-state index in [4.69, 9.17) is 0 Å². The first-order valence-electron chi connectivity index (χ1n) is 4.28. The van der Waals surface area contributed by atoms with Gasteiger partial charge in [0, 0.05) is 12.2 Å². The first-order valence-corrected chi connectivity index (χ1v) is 4.28. The predicted molar refractivity (Wildman–Crippen MR) is 50.8 cm³/mol. The summed E-state index contributed by atoms with van der Waals surface area (Å²) in [6, 6.07) is 3.65. The van der Waals surface area contributed by atoms with Crippen LogP contribution in [0.25, 0.3) is 11.0 Å². The van der Waals surface area contributed by atoms with Crippen LogP contribution in [0, 0.1) is 6.92 Å². The third kappa shape index (κ3) is 1.14. The minimum absolute atomic E-state index is 0.00463. The Morgan fingerprint density at radius 1 is 1.54 bits per heavy atom. The number of rotatable bonds is 1. The van der Waals surface area contributed by atoms with Crippen LogP contribution in [0.5, 0.6) is 0 Å². The number of aromatic amines is 1. The van der Waals surface area contributed by atoms with Gasteiger partial charge in [-0.1, -0.05) is 0 Å². The highest BCUT2D eigenvalue weighted by molar-refractivity contribution is 5.73. The van der Waals surface area contributed by atoms with Gasteiger partial charge in [0.25, 0.3) is 5.56 Å². The second-order valence-corrected chi connectivity index (χ2v) is 3.01. The molecule has 0 aliphatic heterocycles. The molecule has 0 saturated carbocycles. The molecule has 0 spiro atoms. The number of H-pyrrole nitrogens is 1. The van der Waals surface area contributed by atoms with E-state index in [9.17, 15) is 4.79 Å². The van der Waals surface area contributed by atoms with Crippen LogP contribution < -0.4 is 5.56 Å². The minimum Gasteiger partial charge on any atom is -0.278 e. The Labute approximate surface area is 75.2 Å². The lowest BCUT2D eigenvalue weighted by Crippen LogP contribution is -2.14. The summed E-state index contributed by atoms with van der Waals surface area (Å²) >= 11 is 0. The van der Waals surface area contributed by atoms with Crippen molar-refractivity contribution in [2.24, 2.45) is 0 Å². The third-order valence-electron chi connectivity index (χ3n) is 2.07. The average molecular weight is 177 g/mol. The number of nitrogens with one attached hydrogen (secondary N) is 1. The van der Waals surface area contributed by atoms with Gasteiger partial charge < -0.3 is 0 Å². The molecule has 0 saturated heterocycles. The molecular formula is C9H11N3O. The van der Waals surface area contributed by atoms with Crippen molar-refractivity contribution in [3.63, 3.8) is 0 Å². The Morgan fingerprint density at radius 3 is 3.00 bits per heavy atom. The molecule has 13 heavy (non-hydrogen) atoms. The van der Waals surface area contributed by atoms with E-state index in [2.05, 4.69) is 10.1 Å². The Kier molecular flexibility index (Phi) is 1.69. The summed E-state index contributed by atoms with van der Waals surface area (Å²) in [5.41, 5.74) is 1.59. The fourth-order valence-corrected chi connectivity index (χ4v) is 1.36. The highest BCUT2D eigenvalue weighted by atomic mass is 16.1. The fraction of sp³-hybridized carbons (Fsp3) is 0.333. The van der Waals surface area contributed by atoms with Crippen molar-refractivity contribution in [2.45, 2.75) is 20.4 Å². The van der Waals surface area contributed by atoms with Crippen molar-refractivity contribution in [3.05, 3.63) is 28.2 Å². The monoisotopic (exact) mass is 177 g/mol. The van der Waals surface area contributed by atoms with Crippen LogP contribution in [0.3, 0.4) is 0 Å². The Hall–Kier alpha value is -1.58. The maximum absolute atomic E-state index is 11.6. The molecule has 0 bridgehead atoms. The van der Waals surface area contributed by atoms with E-state index >= 15 is 0 Å². The highest BCUT2D eigenvalue weighted by Crippen LogP contribution is 2.04. The SMILES string of the molecule is CCn1[nH]c2nc(C)ccc2c1=O. The smallest absolute Gasteiger partial charge is 0.276 e. The van der Waals surface area contributed by atoms with Gasteiger partial charge in [0.05, 0.1) is 5.39 Å². The molecule has 2 aromatic heterocycles. The number of aryl methyl sites for hydroxylation is 2. The molecule has 2 rings (SSSR count). The lowest BCUT2D eigenvalue weighted by Gasteiger charge is -1.91. The van der Waals surface area contributed by atoms with Gasteiger partial charge in [-0.25, -0.2) is 4.98 Å². The molecular weight excluding hydrogens is 166 g/mol. The molecule has 0 aliphatic rings. The summed E-state index contributed by atoms with van der Waals surface area (Å²) in [4.78, 5) is 15.8. The summed E-state index contributed by atoms with van der Waals surface area (Å²) < 4.78 is 1.55. The molecule has 0 fully saturated rings. The number of hydrogen-bond acceptors (Lipinski definition) is 2. The standard InChI is InChI=1S/C9H11N3O/c1-3-12-9(13)7-5-4-6(2)10-8(7)11-12/h4-5H,3H2,1-2H3,(H,10,11). The number of fused-ring (bicyclic) bond motifs is 1. The normalized spacial score (nSPS) is 10.9. The zero-order valence-electron chi connectivity index (χ0n) is 7.66. The molecule has 0 amide bonds. The first-order chi connectivity index (χ1) is 6.22. The van der Waals surface area contributed by atoms with Crippen LogP contribution in [0.2, 0.25) is 0 Å². The zero-order valence-corrected chi connectivity index (χ0v) is 7.66. The molecule has 0 unspecified atom stereocenters. The number of hydrogen-bond donors (Lipinski definition) is 1. The van der Waals surface area contributed by atoms with Crippen LogP contribution in [0.4, 0.5) is 0 Å². The quantitative estimate of drug-likeness (QED) is 0.707. The van der Waals surface area contributed by atoms with Crippen LogP contribution in [-0.4, -0.2) is 14.8 Å². The van der Waals surface area contributed by atoms with E-state index in [1.807, 2.05) is 26.0 Å². The maximum Gasteiger partial charge on any atom is 0.276 e. The second kappa shape index (κ2) is 2.73. The molecule has 0 radical (unpaired) electrons. The van der Waals surface area contributed by atoms with Gasteiger partial charge in [0.15, 0.2) is 5.65 Å². The molecule has 0 aliphatic carbocycles. The summed E-state index contributed by atoms with van der Waals surface area (Å²) in [6.07, 6.45) is 0. The molecule has 2 aromatic rings. The van der Waals surface area contributed by atoms with Crippen LogP contribution in [0.15, 0.2) is 16.9 Å². The van der Waals surface area contributed by atoms with Crippen LogP contribution in [-0.2, 0) is 6.54 Å². The van der Waals surface area contributed by atoms with E-state index in [-0.39, 0.29) is 5.56 Å². The van der Waals surface area contributed by atoms with Crippen molar-refractivity contribution in [3.8, 4) is 0 Å². The van der Waals surface area contributed by atoms with Crippen molar-refractivity contribution in [1.82, 2.24) is 14.8 Å². The predicted octanol–water partition coefficient (Wildman–Crippen LogP) is 1.05. The minimum atomic E-state index is 0.00463.